The number of carboxylic acid groups (broad SMARTS) is 1. The number of fused-ring (bicyclic) bond motifs is 2. The maximum atomic E-state index is 12.8. The molecule has 6 nitrogen and oxygen atoms in total. The summed E-state index contributed by atoms with van der Waals surface area (Å²) in [6.45, 7) is 0. The molecule has 24 heavy (non-hydrogen) atoms. The molecule has 0 bridgehead atoms. The van der Waals surface area contributed by atoms with Crippen molar-refractivity contribution in [2.75, 3.05) is 12.4 Å². The molecular weight excluding hydrogens is 308 g/mol. The van der Waals surface area contributed by atoms with Crippen LogP contribution in [0.25, 0.3) is 22.1 Å². The van der Waals surface area contributed by atoms with Gasteiger partial charge in [-0.2, -0.15) is 4.98 Å². The monoisotopic (exact) mass is 324 g/mol. The number of nitrogens with zero attached hydrogens (tertiary/aromatic N) is 1. The summed E-state index contributed by atoms with van der Waals surface area (Å²) in [5, 5.41) is 12.7. The standard InChI is InChI=1S/C18H16N2O4/c1-19-16-13(18(22)23)8-12-15(21)11-7-10(9-3-2-4-9)5-6-14(11)24-17(12)20-16/h5-9H,2-4H2,1H3,(H,19,20)(H,22,23). The van der Waals surface area contributed by atoms with Gasteiger partial charge in [0.25, 0.3) is 0 Å². The number of carbonyl (C=O) groups is 1. The Kier molecular flexibility index (Phi) is 3.26. The molecule has 1 aliphatic rings. The first-order valence-corrected chi connectivity index (χ1v) is 7.91. The third kappa shape index (κ3) is 2.14. The van der Waals surface area contributed by atoms with E-state index >= 15 is 0 Å². The number of benzene rings is 1. The van der Waals surface area contributed by atoms with E-state index in [0.717, 1.165) is 18.4 Å². The molecule has 2 N–H and O–H groups in total. The lowest BCUT2D eigenvalue weighted by Crippen LogP contribution is -2.11. The molecule has 0 amide bonds. The highest BCUT2D eigenvalue weighted by atomic mass is 16.4. The Balaban J connectivity index is 2.01. The molecular formula is C18H16N2O4. The molecule has 1 aromatic carbocycles. The van der Waals surface area contributed by atoms with Crippen molar-refractivity contribution in [3.8, 4) is 0 Å². The first kappa shape index (κ1) is 14.7. The lowest BCUT2D eigenvalue weighted by Gasteiger charge is -2.25. The molecule has 0 unspecified atom stereocenters. The molecule has 0 aliphatic heterocycles. The van der Waals surface area contributed by atoms with Crippen molar-refractivity contribution >= 4 is 33.9 Å². The lowest BCUT2D eigenvalue weighted by atomic mass is 9.80. The second-order valence-corrected chi connectivity index (χ2v) is 6.11. The van der Waals surface area contributed by atoms with E-state index in [1.807, 2.05) is 12.1 Å². The molecule has 1 aliphatic carbocycles. The predicted octanol–water partition coefficient (Wildman–Crippen LogP) is 3.35. The van der Waals surface area contributed by atoms with Gasteiger partial charge in [0.05, 0.1) is 10.8 Å². The molecule has 6 heteroatoms. The quantitative estimate of drug-likeness (QED) is 0.718. The number of carboxylic acids is 1. The Morgan fingerprint density at radius 3 is 2.71 bits per heavy atom. The summed E-state index contributed by atoms with van der Waals surface area (Å²) in [4.78, 5) is 28.4. The number of aromatic nitrogens is 1. The Labute approximate surface area is 137 Å². The van der Waals surface area contributed by atoms with E-state index in [1.54, 1.807) is 13.1 Å². The van der Waals surface area contributed by atoms with Gasteiger partial charge in [-0.1, -0.05) is 12.5 Å². The predicted molar refractivity (Wildman–Crippen MR) is 90.9 cm³/mol. The number of aromatic carboxylic acids is 1. The summed E-state index contributed by atoms with van der Waals surface area (Å²) in [6, 6.07) is 7.00. The second kappa shape index (κ2) is 5.33. The van der Waals surface area contributed by atoms with Crippen LogP contribution in [-0.2, 0) is 0 Å². The number of nitrogens with one attached hydrogen (secondary N) is 1. The Bertz CT molecular complexity index is 1030. The zero-order chi connectivity index (χ0) is 16.8. The first-order valence-electron chi connectivity index (χ1n) is 7.91. The molecule has 122 valence electrons. The largest absolute Gasteiger partial charge is 0.478 e. The van der Waals surface area contributed by atoms with E-state index < -0.39 is 5.97 Å². The van der Waals surface area contributed by atoms with Crippen LogP contribution in [0.5, 0.6) is 0 Å². The minimum atomic E-state index is -1.14. The second-order valence-electron chi connectivity index (χ2n) is 6.11. The van der Waals surface area contributed by atoms with Crippen molar-refractivity contribution < 1.29 is 14.3 Å². The minimum Gasteiger partial charge on any atom is -0.478 e. The molecule has 3 aromatic rings. The van der Waals surface area contributed by atoms with Gasteiger partial charge in [-0.05, 0) is 42.5 Å². The maximum absolute atomic E-state index is 12.8. The van der Waals surface area contributed by atoms with Crippen LogP contribution in [0.2, 0.25) is 0 Å². The molecule has 0 atom stereocenters. The van der Waals surface area contributed by atoms with E-state index in [1.165, 1.54) is 12.5 Å². The van der Waals surface area contributed by atoms with Crippen LogP contribution in [0.4, 0.5) is 5.82 Å². The Morgan fingerprint density at radius 1 is 1.29 bits per heavy atom. The highest BCUT2D eigenvalue weighted by Crippen LogP contribution is 2.37. The van der Waals surface area contributed by atoms with E-state index in [2.05, 4.69) is 10.3 Å². The van der Waals surface area contributed by atoms with Crippen LogP contribution in [0.3, 0.4) is 0 Å². The molecule has 1 saturated carbocycles. The van der Waals surface area contributed by atoms with Crippen LogP contribution in [-0.4, -0.2) is 23.1 Å². The summed E-state index contributed by atoms with van der Waals surface area (Å²) in [7, 11) is 1.57. The summed E-state index contributed by atoms with van der Waals surface area (Å²) in [5.74, 6) is -0.469. The lowest BCUT2D eigenvalue weighted by molar-refractivity contribution is 0.0698. The molecule has 2 heterocycles. The SMILES string of the molecule is CNc1nc2oc3ccc(C4CCC4)cc3c(=O)c2cc1C(=O)O. The van der Waals surface area contributed by atoms with Gasteiger partial charge >= 0.3 is 5.97 Å². The number of hydrogen-bond acceptors (Lipinski definition) is 5. The Morgan fingerprint density at radius 2 is 2.08 bits per heavy atom. The van der Waals surface area contributed by atoms with Gasteiger partial charge < -0.3 is 14.8 Å². The first-order chi connectivity index (χ1) is 11.6. The van der Waals surface area contributed by atoms with Gasteiger partial charge in [-0.3, -0.25) is 4.79 Å². The number of rotatable bonds is 3. The third-order valence-corrected chi connectivity index (χ3v) is 4.73. The molecule has 2 aromatic heterocycles. The zero-order valence-electron chi connectivity index (χ0n) is 13.1. The fraction of sp³-hybridized carbons (Fsp3) is 0.278. The molecule has 1 fully saturated rings. The maximum Gasteiger partial charge on any atom is 0.339 e. The van der Waals surface area contributed by atoms with Gasteiger partial charge in [-0.15, -0.1) is 0 Å². The van der Waals surface area contributed by atoms with Gasteiger partial charge in [0, 0.05) is 7.05 Å². The van der Waals surface area contributed by atoms with Crippen LogP contribution < -0.4 is 10.7 Å². The van der Waals surface area contributed by atoms with E-state index in [-0.39, 0.29) is 27.9 Å². The fourth-order valence-corrected chi connectivity index (χ4v) is 3.15. The number of hydrogen-bond donors (Lipinski definition) is 2. The molecule has 0 saturated heterocycles. The molecule has 4 rings (SSSR count). The Hall–Kier alpha value is -2.89. The number of anilines is 1. The van der Waals surface area contributed by atoms with Gasteiger partial charge in [0.1, 0.15) is 17.0 Å². The van der Waals surface area contributed by atoms with E-state index in [4.69, 9.17) is 4.42 Å². The molecule has 0 radical (unpaired) electrons. The van der Waals surface area contributed by atoms with Crippen molar-refractivity contribution in [3.05, 3.63) is 45.6 Å². The normalized spacial score (nSPS) is 14.7. The summed E-state index contributed by atoms with van der Waals surface area (Å²) < 4.78 is 5.75. The molecule has 0 spiro atoms. The third-order valence-electron chi connectivity index (χ3n) is 4.73. The van der Waals surface area contributed by atoms with Crippen LogP contribution in [0.1, 0.15) is 41.1 Å². The summed E-state index contributed by atoms with van der Waals surface area (Å²) in [5.41, 5.74) is 1.45. The average molecular weight is 324 g/mol. The van der Waals surface area contributed by atoms with Crippen molar-refractivity contribution in [1.29, 1.82) is 0 Å². The number of pyridine rings is 1. The summed E-state index contributed by atoms with van der Waals surface area (Å²) in [6.07, 6.45) is 3.50. The van der Waals surface area contributed by atoms with Gasteiger partial charge in [0.15, 0.2) is 0 Å². The van der Waals surface area contributed by atoms with Crippen molar-refractivity contribution in [3.63, 3.8) is 0 Å². The van der Waals surface area contributed by atoms with Crippen molar-refractivity contribution in [1.82, 2.24) is 4.98 Å². The zero-order valence-corrected chi connectivity index (χ0v) is 13.1. The topological polar surface area (TPSA) is 92.4 Å². The van der Waals surface area contributed by atoms with Crippen molar-refractivity contribution in [2.24, 2.45) is 0 Å². The van der Waals surface area contributed by atoms with Crippen LogP contribution in [0.15, 0.2) is 33.5 Å². The van der Waals surface area contributed by atoms with Gasteiger partial charge in [-0.25, -0.2) is 4.79 Å². The minimum absolute atomic E-state index is 0.0493. The highest BCUT2D eigenvalue weighted by molar-refractivity contribution is 5.98. The highest BCUT2D eigenvalue weighted by Gasteiger charge is 2.21. The van der Waals surface area contributed by atoms with E-state index in [0.29, 0.717) is 16.9 Å². The van der Waals surface area contributed by atoms with E-state index in [9.17, 15) is 14.7 Å². The average Bonchev–Trinajstić information content (AvgIpc) is 2.52. The fourth-order valence-electron chi connectivity index (χ4n) is 3.15. The van der Waals surface area contributed by atoms with Crippen molar-refractivity contribution in [2.45, 2.75) is 25.2 Å². The summed E-state index contributed by atoms with van der Waals surface area (Å²) >= 11 is 0. The van der Waals surface area contributed by atoms with Crippen LogP contribution >= 0.6 is 0 Å². The van der Waals surface area contributed by atoms with Gasteiger partial charge in [0.2, 0.25) is 11.1 Å². The van der Waals surface area contributed by atoms with Crippen LogP contribution in [0, 0.1) is 0 Å². The smallest absolute Gasteiger partial charge is 0.339 e.